The minimum absolute atomic E-state index is 0.154. The Hall–Kier alpha value is -2.27. The van der Waals surface area contributed by atoms with Gasteiger partial charge in [0.25, 0.3) is 5.91 Å². The number of hydrogen-bond acceptors (Lipinski definition) is 3. The molecule has 4 nitrogen and oxygen atoms in total. The first-order valence-electron chi connectivity index (χ1n) is 6.36. The number of carbonyl (C=O) groups is 2. The third-order valence-corrected chi connectivity index (χ3v) is 3.64. The van der Waals surface area contributed by atoms with E-state index in [1.807, 2.05) is 18.2 Å². The van der Waals surface area contributed by atoms with Gasteiger partial charge in [0.05, 0.1) is 11.0 Å². The number of benzene rings is 2. The summed E-state index contributed by atoms with van der Waals surface area (Å²) in [5.74, 6) is -0.356. The number of fused-ring (bicyclic) bond motifs is 1. The minimum Gasteiger partial charge on any atom is -0.291 e. The Morgan fingerprint density at radius 3 is 2.57 bits per heavy atom. The van der Waals surface area contributed by atoms with Crippen molar-refractivity contribution in [2.45, 2.75) is 6.92 Å². The van der Waals surface area contributed by atoms with E-state index < -0.39 is 0 Å². The van der Waals surface area contributed by atoms with Crippen molar-refractivity contribution in [2.24, 2.45) is 0 Å². The van der Waals surface area contributed by atoms with Gasteiger partial charge in [-0.2, -0.15) is 0 Å². The Labute approximate surface area is 129 Å². The van der Waals surface area contributed by atoms with Gasteiger partial charge < -0.3 is 0 Å². The Morgan fingerprint density at radius 2 is 1.86 bits per heavy atom. The van der Waals surface area contributed by atoms with Crippen LogP contribution in [0, 0.1) is 0 Å². The van der Waals surface area contributed by atoms with E-state index in [0.717, 1.165) is 4.47 Å². The molecular weight excluding hydrogens is 332 g/mol. The fourth-order valence-electron chi connectivity index (χ4n) is 2.22. The van der Waals surface area contributed by atoms with Crippen LogP contribution < -0.4 is 0 Å². The molecular formula is C16H11BrN2O2. The maximum atomic E-state index is 12.7. The van der Waals surface area contributed by atoms with Crippen LogP contribution in [-0.2, 0) is 0 Å². The fraction of sp³-hybridized carbons (Fsp3) is 0.0625. The second-order valence-electron chi connectivity index (χ2n) is 4.63. The number of halogens is 1. The number of para-hydroxylation sites is 2. The number of ketones is 1. The summed E-state index contributed by atoms with van der Waals surface area (Å²) < 4.78 is 2.18. The summed E-state index contributed by atoms with van der Waals surface area (Å²) in [4.78, 5) is 28.8. The second kappa shape index (κ2) is 5.26. The molecule has 0 saturated carbocycles. The smallest absolute Gasteiger partial charge is 0.264 e. The largest absolute Gasteiger partial charge is 0.291 e. The first-order valence-corrected chi connectivity index (χ1v) is 7.16. The molecule has 0 saturated heterocycles. The molecule has 0 spiro atoms. The second-order valence-corrected chi connectivity index (χ2v) is 5.55. The number of hydrogen-bond donors (Lipinski definition) is 0. The minimum atomic E-state index is -0.268. The van der Waals surface area contributed by atoms with Crippen molar-refractivity contribution in [1.29, 1.82) is 0 Å². The van der Waals surface area contributed by atoms with E-state index in [1.165, 1.54) is 11.5 Å². The number of Topliss-reactive ketones (excluding diaryl/α,β-unsaturated/α-hetero) is 1. The summed E-state index contributed by atoms with van der Waals surface area (Å²) in [5, 5.41) is 0. The van der Waals surface area contributed by atoms with Crippen LogP contribution in [0.25, 0.3) is 11.0 Å². The quantitative estimate of drug-likeness (QED) is 0.667. The zero-order chi connectivity index (χ0) is 15.0. The molecule has 0 unspecified atom stereocenters. The first-order chi connectivity index (χ1) is 10.1. The lowest BCUT2D eigenvalue weighted by molar-refractivity contribution is 0.0928. The van der Waals surface area contributed by atoms with E-state index in [-0.39, 0.29) is 17.5 Å². The summed E-state index contributed by atoms with van der Waals surface area (Å²) in [7, 11) is 0. The van der Waals surface area contributed by atoms with Gasteiger partial charge in [-0.3, -0.25) is 14.2 Å². The van der Waals surface area contributed by atoms with E-state index in [0.29, 0.717) is 16.6 Å². The summed E-state index contributed by atoms with van der Waals surface area (Å²) in [6.07, 6.45) is 0. The normalized spacial score (nSPS) is 10.8. The van der Waals surface area contributed by atoms with E-state index in [2.05, 4.69) is 20.9 Å². The van der Waals surface area contributed by atoms with E-state index >= 15 is 0 Å². The molecule has 0 amide bonds. The lowest BCUT2D eigenvalue weighted by Gasteiger charge is -2.06. The van der Waals surface area contributed by atoms with Gasteiger partial charge in [-0.05, 0) is 30.3 Å². The van der Waals surface area contributed by atoms with Gasteiger partial charge in [0.1, 0.15) is 0 Å². The van der Waals surface area contributed by atoms with Crippen LogP contribution in [0.3, 0.4) is 0 Å². The van der Waals surface area contributed by atoms with E-state index in [9.17, 15) is 9.59 Å². The van der Waals surface area contributed by atoms with Crippen LogP contribution in [0.4, 0.5) is 0 Å². The van der Waals surface area contributed by atoms with Crippen molar-refractivity contribution in [1.82, 2.24) is 9.55 Å². The molecule has 21 heavy (non-hydrogen) atoms. The SMILES string of the molecule is CC(=O)c1nc2ccccc2n1C(=O)c1cccc(Br)c1. The Bertz CT molecular complexity index is 868. The van der Waals surface area contributed by atoms with Gasteiger partial charge in [-0.1, -0.05) is 34.1 Å². The van der Waals surface area contributed by atoms with E-state index in [4.69, 9.17) is 0 Å². The molecule has 5 heteroatoms. The molecule has 0 aliphatic heterocycles. The number of aromatic nitrogens is 2. The highest BCUT2D eigenvalue weighted by molar-refractivity contribution is 9.10. The number of nitrogens with zero attached hydrogens (tertiary/aromatic N) is 2. The number of imidazole rings is 1. The average molecular weight is 343 g/mol. The summed E-state index contributed by atoms with van der Waals surface area (Å²) in [5.41, 5.74) is 1.76. The van der Waals surface area contributed by atoms with Crippen LogP contribution in [0.15, 0.2) is 53.0 Å². The van der Waals surface area contributed by atoms with Gasteiger partial charge in [-0.25, -0.2) is 4.98 Å². The lowest BCUT2D eigenvalue weighted by atomic mass is 10.2. The summed E-state index contributed by atoms with van der Waals surface area (Å²) in [6.45, 7) is 1.41. The molecule has 1 heterocycles. The average Bonchev–Trinajstić information content (AvgIpc) is 2.86. The van der Waals surface area contributed by atoms with Gasteiger partial charge >= 0.3 is 0 Å². The number of carbonyl (C=O) groups excluding carboxylic acids is 2. The first kappa shape index (κ1) is 13.7. The summed E-state index contributed by atoms with van der Waals surface area (Å²) in [6, 6.07) is 14.3. The van der Waals surface area contributed by atoms with E-state index in [1.54, 1.807) is 30.3 Å². The Kier molecular flexibility index (Phi) is 3.43. The van der Waals surface area contributed by atoms with Gasteiger partial charge in [0, 0.05) is 17.0 Å². The third kappa shape index (κ3) is 2.40. The van der Waals surface area contributed by atoms with Crippen molar-refractivity contribution < 1.29 is 9.59 Å². The lowest BCUT2D eigenvalue weighted by Crippen LogP contribution is -2.17. The Balaban J connectivity index is 2.25. The molecule has 3 aromatic rings. The predicted molar refractivity (Wildman–Crippen MR) is 83.6 cm³/mol. The van der Waals surface area contributed by atoms with Gasteiger partial charge in [0.15, 0.2) is 11.6 Å². The highest BCUT2D eigenvalue weighted by Crippen LogP contribution is 2.20. The zero-order valence-corrected chi connectivity index (χ0v) is 12.8. The molecule has 0 bridgehead atoms. The topological polar surface area (TPSA) is 52.0 Å². The molecule has 0 aliphatic carbocycles. The molecule has 0 radical (unpaired) electrons. The van der Waals surface area contributed by atoms with Crippen LogP contribution in [0.1, 0.15) is 27.9 Å². The highest BCUT2D eigenvalue weighted by Gasteiger charge is 2.20. The van der Waals surface area contributed by atoms with Crippen LogP contribution in [-0.4, -0.2) is 21.2 Å². The molecule has 2 aromatic carbocycles. The fourth-order valence-corrected chi connectivity index (χ4v) is 2.62. The predicted octanol–water partition coefficient (Wildman–Crippen LogP) is 3.69. The highest BCUT2D eigenvalue weighted by atomic mass is 79.9. The van der Waals surface area contributed by atoms with Crippen molar-refractivity contribution in [3.63, 3.8) is 0 Å². The molecule has 104 valence electrons. The zero-order valence-electron chi connectivity index (χ0n) is 11.2. The van der Waals surface area contributed by atoms with Crippen LogP contribution >= 0.6 is 15.9 Å². The van der Waals surface area contributed by atoms with Crippen molar-refractivity contribution in [3.8, 4) is 0 Å². The molecule has 0 N–H and O–H groups in total. The molecule has 0 atom stereocenters. The van der Waals surface area contributed by atoms with Gasteiger partial charge in [-0.15, -0.1) is 0 Å². The monoisotopic (exact) mass is 342 g/mol. The molecule has 0 fully saturated rings. The molecule has 0 aliphatic rings. The summed E-state index contributed by atoms with van der Waals surface area (Å²) >= 11 is 3.35. The third-order valence-electron chi connectivity index (χ3n) is 3.15. The van der Waals surface area contributed by atoms with Crippen LogP contribution in [0.5, 0.6) is 0 Å². The Morgan fingerprint density at radius 1 is 1.10 bits per heavy atom. The van der Waals surface area contributed by atoms with Gasteiger partial charge in [0.2, 0.25) is 0 Å². The maximum Gasteiger partial charge on any atom is 0.264 e. The van der Waals surface area contributed by atoms with Crippen molar-refractivity contribution >= 4 is 38.7 Å². The van der Waals surface area contributed by atoms with Crippen LogP contribution in [0.2, 0.25) is 0 Å². The molecule has 3 rings (SSSR count). The standard InChI is InChI=1S/C16H11BrN2O2/c1-10(20)15-18-13-7-2-3-8-14(13)19(15)16(21)11-5-4-6-12(17)9-11/h2-9H,1H3. The van der Waals surface area contributed by atoms with Crippen molar-refractivity contribution in [3.05, 3.63) is 64.4 Å². The number of rotatable bonds is 2. The van der Waals surface area contributed by atoms with Crippen molar-refractivity contribution in [2.75, 3.05) is 0 Å². The molecule has 1 aromatic heterocycles. The maximum absolute atomic E-state index is 12.7.